The van der Waals surface area contributed by atoms with Crippen LogP contribution in [0, 0.1) is 11.8 Å². The van der Waals surface area contributed by atoms with Crippen LogP contribution in [-0.2, 0) is 6.61 Å². The van der Waals surface area contributed by atoms with Crippen molar-refractivity contribution in [2.24, 2.45) is 11.8 Å². The molecule has 0 radical (unpaired) electrons. The lowest BCUT2D eigenvalue weighted by Crippen LogP contribution is -2.31. The molecular weight excluding hydrogens is 268 g/mol. The Labute approximate surface area is 128 Å². The first-order chi connectivity index (χ1) is 9.38. The van der Waals surface area contributed by atoms with Crippen LogP contribution < -0.4 is 4.90 Å². The molecule has 0 fully saturated rings. The molecule has 0 aliphatic carbocycles. The van der Waals surface area contributed by atoms with E-state index >= 15 is 0 Å². The molecule has 1 aromatic heterocycles. The average Bonchev–Trinajstić information content (AvgIpc) is 2.80. The molecule has 1 N–H and O–H groups in total. The maximum atomic E-state index is 9.57. The van der Waals surface area contributed by atoms with E-state index in [9.17, 15) is 5.11 Å². The molecule has 20 heavy (non-hydrogen) atoms. The van der Waals surface area contributed by atoms with Crippen LogP contribution in [0.5, 0.6) is 0 Å². The molecule has 3 nitrogen and oxygen atoms in total. The first kappa shape index (κ1) is 17.4. The quantitative estimate of drug-likeness (QED) is 0.778. The number of anilines is 1. The van der Waals surface area contributed by atoms with Gasteiger partial charge in [0.15, 0.2) is 5.13 Å². The van der Waals surface area contributed by atoms with Gasteiger partial charge in [0.1, 0.15) is 0 Å². The van der Waals surface area contributed by atoms with Crippen LogP contribution in [0.1, 0.15) is 64.5 Å². The van der Waals surface area contributed by atoms with Crippen molar-refractivity contribution in [1.29, 1.82) is 0 Å². The Morgan fingerprint density at radius 3 is 2.05 bits per heavy atom. The van der Waals surface area contributed by atoms with Gasteiger partial charge >= 0.3 is 0 Å². The van der Waals surface area contributed by atoms with Gasteiger partial charge in [-0.2, -0.15) is 0 Å². The van der Waals surface area contributed by atoms with Crippen molar-refractivity contribution in [2.45, 2.75) is 60.5 Å². The highest BCUT2D eigenvalue weighted by Gasteiger charge is 2.20. The molecule has 0 aromatic carbocycles. The molecule has 1 rings (SSSR count). The van der Waals surface area contributed by atoms with E-state index in [0.29, 0.717) is 17.8 Å². The maximum Gasteiger partial charge on any atom is 0.185 e. The number of aliphatic hydroxyl groups is 1. The highest BCUT2D eigenvalue weighted by Crippen LogP contribution is 2.32. The van der Waals surface area contributed by atoms with E-state index in [1.54, 1.807) is 11.3 Å². The van der Waals surface area contributed by atoms with E-state index in [4.69, 9.17) is 4.98 Å². The maximum absolute atomic E-state index is 9.57. The van der Waals surface area contributed by atoms with Crippen LogP contribution in [-0.4, -0.2) is 23.2 Å². The van der Waals surface area contributed by atoms with Gasteiger partial charge in [-0.15, -0.1) is 0 Å². The third-order valence-corrected chi connectivity index (χ3v) is 4.50. The summed E-state index contributed by atoms with van der Waals surface area (Å²) in [6.45, 7) is 15.5. The lowest BCUT2D eigenvalue weighted by atomic mass is 10.0. The minimum Gasteiger partial charge on any atom is -0.391 e. The van der Waals surface area contributed by atoms with Crippen LogP contribution >= 0.6 is 11.3 Å². The Morgan fingerprint density at radius 1 is 1.10 bits per heavy atom. The zero-order valence-electron chi connectivity index (χ0n) is 13.8. The number of rotatable bonds is 8. The van der Waals surface area contributed by atoms with Gasteiger partial charge in [0.25, 0.3) is 0 Å². The summed E-state index contributed by atoms with van der Waals surface area (Å²) < 4.78 is 0. The average molecular weight is 298 g/mol. The fourth-order valence-electron chi connectivity index (χ4n) is 2.29. The minimum absolute atomic E-state index is 0.106. The molecule has 4 heteroatoms. The number of aliphatic hydroxyl groups excluding tert-OH is 1. The molecule has 116 valence electrons. The Morgan fingerprint density at radius 2 is 1.65 bits per heavy atom. The van der Waals surface area contributed by atoms with Crippen LogP contribution in [0.4, 0.5) is 5.13 Å². The van der Waals surface area contributed by atoms with Gasteiger partial charge in [0.2, 0.25) is 0 Å². The molecule has 0 saturated carbocycles. The highest BCUT2D eigenvalue weighted by atomic mass is 32.1. The van der Waals surface area contributed by atoms with E-state index in [2.05, 4.69) is 46.4 Å². The van der Waals surface area contributed by atoms with Crippen LogP contribution in [0.3, 0.4) is 0 Å². The zero-order chi connectivity index (χ0) is 15.3. The number of nitrogens with zero attached hydrogens (tertiary/aromatic N) is 2. The second-order valence-corrected chi connectivity index (χ2v) is 7.53. The molecule has 0 spiro atoms. The third-order valence-electron chi connectivity index (χ3n) is 3.38. The molecule has 1 aromatic rings. The van der Waals surface area contributed by atoms with Crippen LogP contribution in [0.25, 0.3) is 0 Å². The summed E-state index contributed by atoms with van der Waals surface area (Å²) in [5.41, 5.74) is 1.09. The van der Waals surface area contributed by atoms with E-state index in [1.807, 2.05) is 0 Å². The Hall–Kier alpha value is -0.610. The topological polar surface area (TPSA) is 36.4 Å². The third kappa shape index (κ3) is 4.74. The second kappa shape index (κ2) is 7.99. The molecule has 1 atom stereocenters. The van der Waals surface area contributed by atoms with E-state index < -0.39 is 0 Å². The van der Waals surface area contributed by atoms with Gasteiger partial charge in [0.05, 0.1) is 17.2 Å². The number of aromatic nitrogens is 1. The minimum atomic E-state index is 0.106. The molecule has 0 aliphatic heterocycles. The smallest absolute Gasteiger partial charge is 0.185 e. The van der Waals surface area contributed by atoms with Gasteiger partial charge in [-0.1, -0.05) is 52.9 Å². The summed E-state index contributed by atoms with van der Waals surface area (Å²) in [7, 11) is 0. The van der Waals surface area contributed by atoms with Crippen LogP contribution in [0.2, 0.25) is 0 Å². The SMILES string of the molecule is CCC(C)c1nc(N(CC(C)C)CC(C)C)sc1CO. The van der Waals surface area contributed by atoms with Gasteiger partial charge in [-0.05, 0) is 24.2 Å². The van der Waals surface area contributed by atoms with Crippen molar-refractivity contribution in [1.82, 2.24) is 4.98 Å². The predicted octanol–water partition coefficient (Wildman–Crippen LogP) is 4.27. The lowest BCUT2D eigenvalue weighted by Gasteiger charge is -2.25. The Balaban J connectivity index is 3.03. The van der Waals surface area contributed by atoms with Gasteiger partial charge < -0.3 is 10.0 Å². The van der Waals surface area contributed by atoms with E-state index in [1.165, 1.54) is 0 Å². The first-order valence-electron chi connectivity index (χ1n) is 7.74. The fraction of sp³-hybridized carbons (Fsp3) is 0.812. The molecule has 1 unspecified atom stereocenters. The summed E-state index contributed by atoms with van der Waals surface area (Å²) in [5.74, 6) is 1.65. The number of hydrogen-bond acceptors (Lipinski definition) is 4. The molecular formula is C16H30N2OS. The Kier molecular flexibility index (Phi) is 6.96. The standard InChI is InChI=1S/C16H30N2OS/c1-7-13(6)15-14(10-19)20-16(17-15)18(8-11(2)3)9-12(4)5/h11-13,19H,7-10H2,1-6H3. The highest BCUT2D eigenvalue weighted by molar-refractivity contribution is 7.15. The summed E-state index contributed by atoms with van der Waals surface area (Å²) >= 11 is 1.66. The lowest BCUT2D eigenvalue weighted by molar-refractivity contribution is 0.283. The van der Waals surface area contributed by atoms with Crippen LogP contribution in [0.15, 0.2) is 0 Å². The van der Waals surface area contributed by atoms with E-state index in [0.717, 1.165) is 35.2 Å². The van der Waals surface area contributed by atoms with Gasteiger partial charge in [0, 0.05) is 13.1 Å². The van der Waals surface area contributed by atoms with Crippen molar-refractivity contribution in [3.8, 4) is 0 Å². The monoisotopic (exact) mass is 298 g/mol. The van der Waals surface area contributed by atoms with Crippen molar-refractivity contribution in [3.05, 3.63) is 10.6 Å². The summed E-state index contributed by atoms with van der Waals surface area (Å²) in [6, 6.07) is 0. The fourth-order valence-corrected chi connectivity index (χ4v) is 3.35. The van der Waals surface area contributed by atoms with Crippen molar-refractivity contribution >= 4 is 16.5 Å². The second-order valence-electron chi connectivity index (χ2n) is 6.46. The normalized spacial score (nSPS) is 13.2. The van der Waals surface area contributed by atoms with Crippen molar-refractivity contribution in [3.63, 3.8) is 0 Å². The molecule has 0 aliphatic rings. The van der Waals surface area contributed by atoms with Crippen molar-refractivity contribution in [2.75, 3.05) is 18.0 Å². The zero-order valence-corrected chi connectivity index (χ0v) is 14.6. The molecule has 1 heterocycles. The summed E-state index contributed by atoms with van der Waals surface area (Å²) in [6.07, 6.45) is 1.06. The molecule has 0 amide bonds. The summed E-state index contributed by atoms with van der Waals surface area (Å²) in [5, 5.41) is 10.6. The number of thiazole rings is 1. The number of hydrogen-bond donors (Lipinski definition) is 1. The van der Waals surface area contributed by atoms with E-state index in [-0.39, 0.29) is 6.61 Å². The largest absolute Gasteiger partial charge is 0.391 e. The summed E-state index contributed by atoms with van der Waals surface area (Å²) in [4.78, 5) is 8.26. The van der Waals surface area contributed by atoms with Gasteiger partial charge in [-0.3, -0.25) is 0 Å². The first-order valence-corrected chi connectivity index (χ1v) is 8.56. The molecule has 0 bridgehead atoms. The molecule has 0 saturated heterocycles. The van der Waals surface area contributed by atoms with Gasteiger partial charge in [-0.25, -0.2) is 4.98 Å². The van der Waals surface area contributed by atoms with Crippen molar-refractivity contribution < 1.29 is 5.11 Å². The predicted molar refractivity (Wildman–Crippen MR) is 88.6 cm³/mol. The Bertz CT molecular complexity index is 391.